The summed E-state index contributed by atoms with van der Waals surface area (Å²) in [6.07, 6.45) is 0. The van der Waals surface area contributed by atoms with Crippen LogP contribution in [0.25, 0.3) is 0 Å². The van der Waals surface area contributed by atoms with Gasteiger partial charge >= 0.3 is 0 Å². The molecule has 0 nitrogen and oxygen atoms in total. The molecule has 1 aromatic carbocycles. The second-order valence-electron chi connectivity index (χ2n) is 2.05. The van der Waals surface area contributed by atoms with E-state index in [0.717, 1.165) is 13.8 Å². The minimum absolute atomic E-state index is 1.01. The van der Waals surface area contributed by atoms with Gasteiger partial charge in [0.25, 0.3) is 0 Å². The normalized spacial score (nSPS) is 10.0. The SMILES string of the molecule is Cc1cc(Br)c(Br)cc1S. The van der Waals surface area contributed by atoms with Crippen LogP contribution >= 0.6 is 44.5 Å². The van der Waals surface area contributed by atoms with Gasteiger partial charge in [0, 0.05) is 13.8 Å². The summed E-state index contributed by atoms with van der Waals surface area (Å²) >= 11 is 11.0. The van der Waals surface area contributed by atoms with E-state index in [1.165, 1.54) is 5.56 Å². The van der Waals surface area contributed by atoms with Crippen molar-refractivity contribution in [2.45, 2.75) is 11.8 Å². The molecule has 1 aromatic rings. The molecule has 0 saturated heterocycles. The van der Waals surface area contributed by atoms with Gasteiger partial charge < -0.3 is 0 Å². The maximum Gasteiger partial charge on any atom is 0.0328 e. The smallest absolute Gasteiger partial charge is 0.0328 e. The summed E-state index contributed by atoms with van der Waals surface area (Å²) in [5.74, 6) is 0. The number of aryl methyl sites for hydroxylation is 1. The average Bonchev–Trinajstić information content (AvgIpc) is 1.84. The number of halogens is 2. The summed E-state index contributed by atoms with van der Waals surface area (Å²) in [6.45, 7) is 2.03. The molecule has 3 heteroatoms. The summed E-state index contributed by atoms with van der Waals surface area (Å²) < 4.78 is 2.12. The predicted octanol–water partition coefficient (Wildman–Crippen LogP) is 3.81. The third-order valence-corrected chi connectivity index (χ3v) is 3.56. The van der Waals surface area contributed by atoms with Crippen molar-refractivity contribution in [3.8, 4) is 0 Å². The fourth-order valence-electron chi connectivity index (χ4n) is 0.636. The minimum Gasteiger partial charge on any atom is -0.143 e. The van der Waals surface area contributed by atoms with Crippen LogP contribution in [-0.4, -0.2) is 0 Å². The molecule has 0 heterocycles. The van der Waals surface area contributed by atoms with Crippen molar-refractivity contribution in [3.63, 3.8) is 0 Å². The molecular weight excluding hydrogens is 276 g/mol. The van der Waals surface area contributed by atoms with Crippen molar-refractivity contribution >= 4 is 44.5 Å². The topological polar surface area (TPSA) is 0 Å². The fraction of sp³-hybridized carbons (Fsp3) is 0.143. The second-order valence-corrected chi connectivity index (χ2v) is 4.24. The standard InChI is InChI=1S/C7H6Br2S/c1-4-2-5(8)6(9)3-7(4)10/h2-3,10H,1H3. The monoisotopic (exact) mass is 280 g/mol. The lowest BCUT2D eigenvalue weighted by Crippen LogP contribution is -1.77. The van der Waals surface area contributed by atoms with E-state index >= 15 is 0 Å². The molecule has 0 aliphatic heterocycles. The molecule has 0 aliphatic carbocycles. The van der Waals surface area contributed by atoms with Crippen LogP contribution in [0.15, 0.2) is 26.0 Å². The van der Waals surface area contributed by atoms with Crippen molar-refractivity contribution in [1.82, 2.24) is 0 Å². The molecule has 0 aromatic heterocycles. The first-order valence-corrected chi connectivity index (χ1v) is 4.79. The minimum atomic E-state index is 1.01. The van der Waals surface area contributed by atoms with Crippen LogP contribution in [0.5, 0.6) is 0 Å². The van der Waals surface area contributed by atoms with Gasteiger partial charge in [-0.1, -0.05) is 0 Å². The predicted molar refractivity (Wildman–Crippen MR) is 53.8 cm³/mol. The highest BCUT2D eigenvalue weighted by molar-refractivity contribution is 9.13. The summed E-state index contributed by atoms with van der Waals surface area (Å²) in [4.78, 5) is 1.01. The van der Waals surface area contributed by atoms with Crippen LogP contribution in [0.2, 0.25) is 0 Å². The van der Waals surface area contributed by atoms with Gasteiger partial charge in [0.1, 0.15) is 0 Å². The summed E-state index contributed by atoms with van der Waals surface area (Å²) in [5, 5.41) is 0. The zero-order valence-corrected chi connectivity index (χ0v) is 9.42. The molecule has 0 fully saturated rings. The quantitative estimate of drug-likeness (QED) is 0.687. The molecule has 1 rings (SSSR count). The Morgan fingerprint density at radius 3 is 2.20 bits per heavy atom. The van der Waals surface area contributed by atoms with Crippen molar-refractivity contribution in [2.24, 2.45) is 0 Å². The van der Waals surface area contributed by atoms with Gasteiger partial charge in [-0.15, -0.1) is 12.6 Å². The van der Waals surface area contributed by atoms with E-state index in [-0.39, 0.29) is 0 Å². The summed E-state index contributed by atoms with van der Waals surface area (Å²) in [6, 6.07) is 4.01. The molecule has 10 heavy (non-hydrogen) atoms. The molecule has 0 radical (unpaired) electrons. The molecule has 0 aliphatic rings. The molecule has 0 atom stereocenters. The first-order chi connectivity index (χ1) is 4.61. The van der Waals surface area contributed by atoms with Crippen molar-refractivity contribution in [3.05, 3.63) is 26.6 Å². The molecule has 0 spiro atoms. The summed E-state index contributed by atoms with van der Waals surface area (Å²) in [7, 11) is 0. The lowest BCUT2D eigenvalue weighted by molar-refractivity contribution is 1.28. The number of benzene rings is 1. The van der Waals surface area contributed by atoms with Gasteiger partial charge in [-0.25, -0.2) is 0 Å². The zero-order chi connectivity index (χ0) is 7.72. The Bertz CT molecular complexity index is 208. The third-order valence-electron chi connectivity index (χ3n) is 1.24. The van der Waals surface area contributed by atoms with Crippen LogP contribution in [0, 0.1) is 6.92 Å². The largest absolute Gasteiger partial charge is 0.143 e. The van der Waals surface area contributed by atoms with E-state index in [2.05, 4.69) is 44.5 Å². The molecule has 0 saturated carbocycles. The van der Waals surface area contributed by atoms with Crippen LogP contribution in [-0.2, 0) is 0 Å². The van der Waals surface area contributed by atoms with E-state index in [1.54, 1.807) is 0 Å². The van der Waals surface area contributed by atoms with Gasteiger partial charge in [-0.2, -0.15) is 0 Å². The molecule has 0 N–H and O–H groups in total. The van der Waals surface area contributed by atoms with Crippen molar-refractivity contribution in [1.29, 1.82) is 0 Å². The first kappa shape index (κ1) is 8.62. The molecular formula is C7H6Br2S. The Hall–Kier alpha value is 0.530. The number of hydrogen-bond donors (Lipinski definition) is 1. The van der Waals surface area contributed by atoms with Crippen molar-refractivity contribution in [2.75, 3.05) is 0 Å². The van der Waals surface area contributed by atoms with Gasteiger partial charge in [-0.3, -0.25) is 0 Å². The van der Waals surface area contributed by atoms with Gasteiger partial charge in [0.15, 0.2) is 0 Å². The molecule has 0 unspecified atom stereocenters. The Morgan fingerprint density at radius 2 is 1.70 bits per heavy atom. The van der Waals surface area contributed by atoms with E-state index in [9.17, 15) is 0 Å². The fourth-order valence-corrected chi connectivity index (χ4v) is 1.81. The maximum absolute atomic E-state index is 4.26. The number of thiol groups is 1. The Labute approximate surface area is 82.7 Å². The highest BCUT2D eigenvalue weighted by atomic mass is 79.9. The Balaban J connectivity index is 3.28. The van der Waals surface area contributed by atoms with Gasteiger partial charge in [-0.05, 0) is 56.5 Å². The highest BCUT2D eigenvalue weighted by Gasteiger charge is 1.98. The lowest BCUT2D eigenvalue weighted by atomic mass is 10.2. The van der Waals surface area contributed by atoms with Crippen LogP contribution in [0.3, 0.4) is 0 Å². The van der Waals surface area contributed by atoms with E-state index in [4.69, 9.17) is 0 Å². The first-order valence-electron chi connectivity index (χ1n) is 2.76. The Kier molecular flexibility index (Phi) is 2.83. The van der Waals surface area contributed by atoms with Gasteiger partial charge in [0.2, 0.25) is 0 Å². The zero-order valence-electron chi connectivity index (χ0n) is 5.36. The van der Waals surface area contributed by atoms with E-state index in [0.29, 0.717) is 0 Å². The van der Waals surface area contributed by atoms with E-state index in [1.807, 2.05) is 19.1 Å². The number of rotatable bonds is 0. The Morgan fingerprint density at radius 1 is 1.20 bits per heavy atom. The van der Waals surface area contributed by atoms with Crippen LogP contribution in [0.1, 0.15) is 5.56 Å². The highest BCUT2D eigenvalue weighted by Crippen LogP contribution is 2.27. The maximum atomic E-state index is 4.26. The second kappa shape index (κ2) is 3.28. The molecule has 0 amide bonds. The molecule has 0 bridgehead atoms. The van der Waals surface area contributed by atoms with Crippen LogP contribution < -0.4 is 0 Å². The third kappa shape index (κ3) is 1.77. The van der Waals surface area contributed by atoms with Crippen LogP contribution in [0.4, 0.5) is 0 Å². The van der Waals surface area contributed by atoms with E-state index < -0.39 is 0 Å². The number of hydrogen-bond acceptors (Lipinski definition) is 1. The lowest BCUT2D eigenvalue weighted by Gasteiger charge is -2.00. The molecule has 54 valence electrons. The van der Waals surface area contributed by atoms with Crippen molar-refractivity contribution < 1.29 is 0 Å². The average molecular weight is 282 g/mol. The summed E-state index contributed by atoms with van der Waals surface area (Å²) in [5.41, 5.74) is 1.18. The van der Waals surface area contributed by atoms with Gasteiger partial charge in [0.05, 0.1) is 0 Å².